The number of amides is 4. The van der Waals surface area contributed by atoms with Gasteiger partial charge in [-0.2, -0.15) is 0 Å². The van der Waals surface area contributed by atoms with Crippen LogP contribution in [0.15, 0.2) is 59.9 Å². The van der Waals surface area contributed by atoms with Crippen LogP contribution in [0, 0.1) is 0 Å². The zero-order valence-corrected chi connectivity index (χ0v) is 24.4. The van der Waals surface area contributed by atoms with Gasteiger partial charge in [-0.3, -0.25) is 34.5 Å². The predicted octanol–water partition coefficient (Wildman–Crippen LogP) is 2.78. The number of nitrogens with zero attached hydrogens (tertiary/aromatic N) is 5. The summed E-state index contributed by atoms with van der Waals surface area (Å²) in [6, 6.07) is 12.9. The van der Waals surface area contributed by atoms with Crippen molar-refractivity contribution < 1.29 is 19.2 Å². The van der Waals surface area contributed by atoms with Crippen LogP contribution in [0.3, 0.4) is 0 Å². The minimum atomic E-state index is -0.624. The summed E-state index contributed by atoms with van der Waals surface area (Å²) < 4.78 is 0. The highest BCUT2D eigenvalue weighted by atomic mass is 16.2. The highest BCUT2D eigenvalue weighted by Gasteiger charge is 2.39. The van der Waals surface area contributed by atoms with E-state index in [1.165, 1.54) is 6.20 Å². The number of aryl methyl sites for hydroxylation is 1. The molecule has 3 aliphatic rings. The number of aliphatic imine (C=N–C) groups is 1. The third kappa shape index (κ3) is 6.22. The van der Waals surface area contributed by atoms with E-state index in [2.05, 4.69) is 15.3 Å². The second kappa shape index (κ2) is 12.7. The van der Waals surface area contributed by atoms with E-state index in [4.69, 9.17) is 10.7 Å². The monoisotopic (exact) mass is 593 g/mol. The van der Waals surface area contributed by atoms with Gasteiger partial charge in [-0.15, -0.1) is 0 Å². The minimum Gasteiger partial charge on any atom is -0.404 e. The van der Waals surface area contributed by atoms with E-state index in [1.807, 2.05) is 47.4 Å². The zero-order valence-electron chi connectivity index (χ0n) is 24.4. The number of allylic oxidation sites excluding steroid dienone is 1. The Kier molecular flexibility index (Phi) is 8.44. The van der Waals surface area contributed by atoms with Crippen LogP contribution in [0.1, 0.15) is 65.7 Å². The van der Waals surface area contributed by atoms with Crippen molar-refractivity contribution in [3.63, 3.8) is 0 Å². The van der Waals surface area contributed by atoms with Crippen LogP contribution >= 0.6 is 0 Å². The molecule has 0 radical (unpaired) electrons. The normalized spacial score (nSPS) is 19.6. The van der Waals surface area contributed by atoms with Gasteiger partial charge in [0.2, 0.25) is 17.7 Å². The molecule has 0 saturated carbocycles. The molecule has 3 N–H and O–H groups in total. The van der Waals surface area contributed by atoms with Crippen molar-refractivity contribution in [2.45, 2.75) is 63.6 Å². The van der Waals surface area contributed by atoms with E-state index in [0.29, 0.717) is 62.1 Å². The molecular formula is C33H35N7O4. The number of piperidine rings is 2. The van der Waals surface area contributed by atoms with Crippen molar-refractivity contribution in [3.8, 4) is 0 Å². The fourth-order valence-corrected chi connectivity index (χ4v) is 6.10. The maximum atomic E-state index is 13.1. The van der Waals surface area contributed by atoms with Crippen LogP contribution in [-0.2, 0) is 27.3 Å². The molecule has 0 spiro atoms. The van der Waals surface area contributed by atoms with Gasteiger partial charge in [0.05, 0.1) is 29.0 Å². The fourth-order valence-electron chi connectivity index (χ4n) is 6.10. The van der Waals surface area contributed by atoms with Gasteiger partial charge in [0.15, 0.2) is 0 Å². The van der Waals surface area contributed by atoms with Gasteiger partial charge in [0.1, 0.15) is 6.04 Å². The second-order valence-corrected chi connectivity index (χ2v) is 11.5. The van der Waals surface area contributed by atoms with Gasteiger partial charge in [0, 0.05) is 56.0 Å². The molecule has 0 aliphatic carbocycles. The molecule has 4 amide bonds. The first kappa shape index (κ1) is 29.2. The number of likely N-dealkylation sites (tertiary alicyclic amines) is 1. The molecule has 6 rings (SSSR count). The first-order chi connectivity index (χ1) is 21.4. The molecule has 1 aromatic heterocycles. The fraction of sp³-hybridized carbons (Fsp3) is 0.364. The summed E-state index contributed by atoms with van der Waals surface area (Å²) in [7, 11) is 0. The Labute approximate surface area is 255 Å². The molecule has 1 atom stereocenters. The topological polar surface area (TPSA) is 151 Å². The van der Waals surface area contributed by atoms with Gasteiger partial charge in [-0.1, -0.05) is 24.3 Å². The van der Waals surface area contributed by atoms with Crippen LogP contribution in [0.4, 0.5) is 0 Å². The summed E-state index contributed by atoms with van der Waals surface area (Å²) in [4.78, 5) is 67.1. The number of fused-ring (bicyclic) bond motifs is 2. The van der Waals surface area contributed by atoms with E-state index in [9.17, 15) is 19.2 Å². The van der Waals surface area contributed by atoms with Gasteiger partial charge in [-0.25, -0.2) is 4.98 Å². The second-order valence-electron chi connectivity index (χ2n) is 11.5. The van der Waals surface area contributed by atoms with E-state index in [1.54, 1.807) is 17.3 Å². The predicted molar refractivity (Wildman–Crippen MR) is 165 cm³/mol. The van der Waals surface area contributed by atoms with Crippen molar-refractivity contribution in [3.05, 3.63) is 77.2 Å². The number of aromatic nitrogens is 2. The first-order valence-corrected chi connectivity index (χ1v) is 15.1. The maximum Gasteiger partial charge on any atom is 0.255 e. The lowest BCUT2D eigenvalue weighted by Crippen LogP contribution is -2.52. The third-order valence-corrected chi connectivity index (χ3v) is 8.61. The first-order valence-electron chi connectivity index (χ1n) is 15.1. The summed E-state index contributed by atoms with van der Waals surface area (Å²) in [5.74, 6) is -0.767. The molecule has 11 nitrogen and oxygen atoms in total. The standard InChI is InChI=1S/C33H35N7O4/c34-17-23(28-19-36-26-5-1-2-6-27(26)37-28)18-35-24-12-14-39(15-13-24)31(42)7-3-4-21-8-9-22-20-40(33(44)25(22)16-21)29-10-11-30(41)38-32(29)43/h1-2,5-6,8-9,16-19,24,29H,3-4,7,10-15,20,34H2,(H,38,41,43). The van der Waals surface area contributed by atoms with Crippen LogP contribution in [0.5, 0.6) is 0 Å². The Bertz CT molecular complexity index is 1680. The average molecular weight is 594 g/mol. The van der Waals surface area contributed by atoms with Crippen molar-refractivity contribution in [1.29, 1.82) is 0 Å². The Morgan fingerprint density at radius 2 is 1.86 bits per heavy atom. The number of nitrogens with one attached hydrogen (secondary N) is 1. The molecule has 3 aromatic rings. The molecule has 3 aliphatic heterocycles. The Balaban J connectivity index is 0.961. The summed E-state index contributed by atoms with van der Waals surface area (Å²) >= 11 is 0. The van der Waals surface area contributed by atoms with Crippen LogP contribution < -0.4 is 11.1 Å². The van der Waals surface area contributed by atoms with Crippen LogP contribution in [0.25, 0.3) is 16.6 Å². The van der Waals surface area contributed by atoms with E-state index in [0.717, 1.165) is 35.0 Å². The highest BCUT2D eigenvalue weighted by Crippen LogP contribution is 2.29. The SMILES string of the molecule is NC=C(C=NC1CCN(C(=O)CCCc2ccc3c(c2)C(=O)N(C2CCC(=O)NC2=O)C3)CC1)c1cnc2ccccc2n1. The summed E-state index contributed by atoms with van der Waals surface area (Å²) in [6.45, 7) is 1.67. The van der Waals surface area contributed by atoms with E-state index >= 15 is 0 Å². The van der Waals surface area contributed by atoms with Crippen LogP contribution in [-0.4, -0.2) is 74.8 Å². The van der Waals surface area contributed by atoms with Crippen molar-refractivity contribution in [2.75, 3.05) is 13.1 Å². The lowest BCUT2D eigenvalue weighted by atomic mass is 10.0. The van der Waals surface area contributed by atoms with Gasteiger partial charge in [-0.05, 0) is 61.4 Å². The Morgan fingerprint density at radius 3 is 2.64 bits per heavy atom. The molecule has 2 saturated heterocycles. The highest BCUT2D eigenvalue weighted by molar-refractivity contribution is 6.09. The summed E-state index contributed by atoms with van der Waals surface area (Å²) in [5.41, 5.74) is 11.3. The van der Waals surface area contributed by atoms with Crippen molar-refractivity contribution in [2.24, 2.45) is 10.7 Å². The lowest BCUT2D eigenvalue weighted by Gasteiger charge is -2.30. The third-order valence-electron chi connectivity index (χ3n) is 8.61. The van der Waals surface area contributed by atoms with E-state index in [-0.39, 0.29) is 30.2 Å². The molecule has 11 heteroatoms. The summed E-state index contributed by atoms with van der Waals surface area (Å²) in [6.07, 6.45) is 8.87. The number of hydrogen-bond donors (Lipinski definition) is 2. The lowest BCUT2D eigenvalue weighted by molar-refractivity contribution is -0.137. The minimum absolute atomic E-state index is 0.103. The van der Waals surface area contributed by atoms with Gasteiger partial charge >= 0.3 is 0 Å². The van der Waals surface area contributed by atoms with Gasteiger partial charge in [0.25, 0.3) is 5.91 Å². The number of carbonyl (C=O) groups excluding carboxylic acids is 4. The average Bonchev–Trinajstić information content (AvgIpc) is 3.36. The van der Waals surface area contributed by atoms with Crippen molar-refractivity contribution in [1.82, 2.24) is 25.1 Å². The van der Waals surface area contributed by atoms with E-state index < -0.39 is 11.9 Å². The quantitative estimate of drug-likeness (QED) is 0.301. The van der Waals surface area contributed by atoms with Crippen molar-refractivity contribution >= 4 is 46.4 Å². The number of benzene rings is 2. The molecular weight excluding hydrogens is 558 g/mol. The molecule has 226 valence electrons. The molecule has 1 unspecified atom stereocenters. The number of imide groups is 1. The molecule has 2 fully saturated rings. The zero-order chi connectivity index (χ0) is 30.6. The molecule has 44 heavy (non-hydrogen) atoms. The summed E-state index contributed by atoms with van der Waals surface area (Å²) in [5, 5.41) is 2.33. The number of rotatable bonds is 8. The van der Waals surface area contributed by atoms with Crippen LogP contribution in [0.2, 0.25) is 0 Å². The smallest absolute Gasteiger partial charge is 0.255 e. The molecule has 0 bridgehead atoms. The number of nitrogens with two attached hydrogens (primary N) is 1. The van der Waals surface area contributed by atoms with Gasteiger partial charge < -0.3 is 15.5 Å². The largest absolute Gasteiger partial charge is 0.404 e. The maximum absolute atomic E-state index is 13.1. The number of hydrogen-bond acceptors (Lipinski definition) is 8. The number of para-hydroxylation sites is 2. The molecule has 2 aromatic carbocycles. The molecule has 4 heterocycles. The number of carbonyl (C=O) groups is 4. The Hall–Kier alpha value is -4.93. The Morgan fingerprint density at radius 1 is 1.07 bits per heavy atom.